The van der Waals surface area contributed by atoms with Crippen LogP contribution in [0.15, 0.2) is 41.6 Å². The Morgan fingerprint density at radius 3 is 2.25 bits per heavy atom. The van der Waals surface area contributed by atoms with Crippen LogP contribution in [0.2, 0.25) is 20.1 Å². The summed E-state index contributed by atoms with van der Waals surface area (Å²) in [7, 11) is 0. The van der Waals surface area contributed by atoms with Crippen molar-refractivity contribution in [1.82, 2.24) is 14.9 Å². The highest BCUT2D eigenvalue weighted by molar-refractivity contribution is 7.98. The molecule has 0 fully saturated rings. The fraction of sp³-hybridized carbons (Fsp3) is 0.0667. The van der Waals surface area contributed by atoms with Crippen LogP contribution in [0.4, 0.5) is 0 Å². The Morgan fingerprint density at radius 1 is 0.917 bits per heavy atom. The second-order valence-electron chi connectivity index (χ2n) is 4.82. The fourth-order valence-electron chi connectivity index (χ4n) is 2.01. The Hall–Kier alpha value is -1.11. The molecule has 0 unspecified atom stereocenters. The van der Waals surface area contributed by atoms with Gasteiger partial charge in [0.05, 0.1) is 5.02 Å². The molecule has 0 bridgehead atoms. The third-order valence-corrected chi connectivity index (χ3v) is 5.34. The molecule has 1 aromatic heterocycles. The van der Waals surface area contributed by atoms with E-state index in [1.54, 1.807) is 30.3 Å². The number of hydrogen-bond acceptors (Lipinski definition) is 4. The maximum Gasteiger partial charge on any atom is 0.210 e. The third kappa shape index (κ3) is 3.76. The van der Waals surface area contributed by atoms with Crippen molar-refractivity contribution in [2.45, 2.75) is 10.9 Å². The predicted octanol–water partition coefficient (Wildman–Crippen LogP) is 5.56. The van der Waals surface area contributed by atoms with Gasteiger partial charge in [-0.2, -0.15) is 0 Å². The highest BCUT2D eigenvalue weighted by Gasteiger charge is 2.15. The molecule has 0 atom stereocenters. The van der Waals surface area contributed by atoms with Crippen LogP contribution < -0.4 is 5.84 Å². The average Bonchev–Trinajstić information content (AvgIpc) is 2.88. The van der Waals surface area contributed by atoms with Crippen LogP contribution in [-0.2, 0) is 5.75 Å². The highest BCUT2D eigenvalue weighted by Crippen LogP contribution is 2.32. The molecule has 0 spiro atoms. The summed E-state index contributed by atoms with van der Waals surface area (Å²) in [5.74, 6) is 7.14. The molecule has 0 aliphatic rings. The van der Waals surface area contributed by atoms with Crippen molar-refractivity contribution >= 4 is 58.2 Å². The Morgan fingerprint density at radius 2 is 1.58 bits per heavy atom. The van der Waals surface area contributed by atoms with E-state index < -0.39 is 0 Å². The molecule has 2 aromatic carbocycles. The summed E-state index contributed by atoms with van der Waals surface area (Å²) >= 11 is 25.6. The number of nitrogen functional groups attached to an aromatic ring is 1. The lowest BCUT2D eigenvalue weighted by atomic mass is 10.2. The molecule has 0 amide bonds. The molecule has 9 heteroatoms. The van der Waals surface area contributed by atoms with E-state index in [0.717, 1.165) is 5.56 Å². The summed E-state index contributed by atoms with van der Waals surface area (Å²) in [4.78, 5) is 0. The summed E-state index contributed by atoms with van der Waals surface area (Å²) in [6, 6.07) is 10.5. The second kappa shape index (κ2) is 7.42. The van der Waals surface area contributed by atoms with Gasteiger partial charge in [0.2, 0.25) is 5.16 Å². The van der Waals surface area contributed by atoms with Gasteiger partial charge in [0.15, 0.2) is 5.82 Å². The van der Waals surface area contributed by atoms with Crippen LogP contribution in [0.25, 0.3) is 11.4 Å². The fourth-order valence-corrected chi connectivity index (χ4v) is 3.92. The van der Waals surface area contributed by atoms with Crippen LogP contribution in [0.5, 0.6) is 0 Å². The summed E-state index contributed by atoms with van der Waals surface area (Å²) in [6.07, 6.45) is 0. The molecule has 0 saturated heterocycles. The molecule has 24 heavy (non-hydrogen) atoms. The third-order valence-electron chi connectivity index (χ3n) is 3.21. The van der Waals surface area contributed by atoms with E-state index >= 15 is 0 Å². The van der Waals surface area contributed by atoms with Gasteiger partial charge in [0.25, 0.3) is 0 Å². The number of nitrogens with two attached hydrogens (primary N) is 1. The van der Waals surface area contributed by atoms with Crippen LogP contribution in [0.3, 0.4) is 0 Å². The van der Waals surface area contributed by atoms with Crippen LogP contribution in [0, 0.1) is 0 Å². The standard InChI is InChI=1S/C15H10Cl4N4S/c16-9-2-1-8(12(18)5-9)7-24-15-22-21-14(23(15)20)11-4-3-10(17)6-13(11)19/h1-6H,7,20H2. The quantitative estimate of drug-likeness (QED) is 0.443. The van der Waals surface area contributed by atoms with Crippen molar-refractivity contribution < 1.29 is 0 Å². The van der Waals surface area contributed by atoms with Crippen LogP contribution in [0.1, 0.15) is 5.56 Å². The van der Waals surface area contributed by atoms with E-state index in [2.05, 4.69) is 10.2 Å². The first-order chi connectivity index (χ1) is 11.5. The van der Waals surface area contributed by atoms with Gasteiger partial charge in [0.1, 0.15) is 0 Å². The largest absolute Gasteiger partial charge is 0.335 e. The maximum atomic E-state index is 6.20. The molecule has 4 nitrogen and oxygen atoms in total. The van der Waals surface area contributed by atoms with Crippen molar-refractivity contribution in [2.75, 3.05) is 5.84 Å². The number of hydrogen-bond donors (Lipinski definition) is 1. The first kappa shape index (κ1) is 17.7. The SMILES string of the molecule is Nn1c(SCc2ccc(Cl)cc2Cl)nnc1-c1ccc(Cl)cc1Cl. The summed E-state index contributed by atoms with van der Waals surface area (Å²) in [5.41, 5.74) is 1.59. The molecule has 0 aliphatic heterocycles. The minimum Gasteiger partial charge on any atom is -0.335 e. The lowest BCUT2D eigenvalue weighted by Gasteiger charge is -2.06. The molecule has 3 rings (SSSR count). The first-order valence-electron chi connectivity index (χ1n) is 6.68. The van der Waals surface area contributed by atoms with Gasteiger partial charge in [-0.3, -0.25) is 0 Å². The van der Waals surface area contributed by atoms with Crippen molar-refractivity contribution in [2.24, 2.45) is 0 Å². The molecular formula is C15H10Cl4N4S. The lowest BCUT2D eigenvalue weighted by molar-refractivity contribution is 0.849. The van der Waals surface area contributed by atoms with Gasteiger partial charge < -0.3 is 5.84 Å². The van der Waals surface area contributed by atoms with Gasteiger partial charge in [-0.1, -0.05) is 64.2 Å². The number of thioether (sulfide) groups is 1. The smallest absolute Gasteiger partial charge is 0.210 e. The molecule has 0 radical (unpaired) electrons. The van der Waals surface area contributed by atoms with E-state index in [1.165, 1.54) is 16.4 Å². The average molecular weight is 420 g/mol. The van der Waals surface area contributed by atoms with E-state index in [0.29, 0.717) is 42.4 Å². The number of halogens is 4. The lowest BCUT2D eigenvalue weighted by Crippen LogP contribution is -2.11. The van der Waals surface area contributed by atoms with Crippen molar-refractivity contribution in [3.8, 4) is 11.4 Å². The molecule has 0 saturated carbocycles. The number of benzene rings is 2. The van der Waals surface area contributed by atoms with Crippen LogP contribution >= 0.6 is 58.2 Å². The molecule has 0 aliphatic carbocycles. The monoisotopic (exact) mass is 418 g/mol. The second-order valence-corrected chi connectivity index (χ2v) is 7.45. The molecule has 2 N–H and O–H groups in total. The van der Waals surface area contributed by atoms with Crippen molar-refractivity contribution in [3.05, 3.63) is 62.1 Å². The van der Waals surface area contributed by atoms with E-state index in [1.807, 2.05) is 6.07 Å². The van der Waals surface area contributed by atoms with Gasteiger partial charge in [0, 0.05) is 26.4 Å². The summed E-state index contributed by atoms with van der Waals surface area (Å²) in [6.45, 7) is 0. The molecular weight excluding hydrogens is 410 g/mol. The molecule has 3 aromatic rings. The Bertz CT molecular complexity index is 897. The molecule has 1 heterocycles. The number of nitrogens with zero attached hydrogens (tertiary/aromatic N) is 3. The minimum atomic E-state index is 0.457. The topological polar surface area (TPSA) is 56.7 Å². The Kier molecular flexibility index (Phi) is 5.47. The Balaban J connectivity index is 1.82. The Labute approximate surface area is 162 Å². The summed E-state index contributed by atoms with van der Waals surface area (Å²) in [5, 5.41) is 10.9. The number of rotatable bonds is 4. The molecule has 124 valence electrons. The maximum absolute atomic E-state index is 6.20. The van der Waals surface area contributed by atoms with Crippen molar-refractivity contribution in [1.29, 1.82) is 0 Å². The minimum absolute atomic E-state index is 0.457. The van der Waals surface area contributed by atoms with Gasteiger partial charge in [-0.05, 0) is 35.9 Å². The predicted molar refractivity (Wildman–Crippen MR) is 102 cm³/mol. The van der Waals surface area contributed by atoms with Crippen LogP contribution in [-0.4, -0.2) is 14.9 Å². The highest BCUT2D eigenvalue weighted by atomic mass is 35.5. The summed E-state index contributed by atoms with van der Waals surface area (Å²) < 4.78 is 1.39. The zero-order valence-corrected chi connectivity index (χ0v) is 15.9. The number of aromatic nitrogens is 3. The van der Waals surface area contributed by atoms with Gasteiger partial charge >= 0.3 is 0 Å². The normalized spacial score (nSPS) is 11.0. The van der Waals surface area contributed by atoms with E-state index in [4.69, 9.17) is 52.2 Å². The van der Waals surface area contributed by atoms with Gasteiger partial charge in [-0.25, -0.2) is 4.68 Å². The van der Waals surface area contributed by atoms with E-state index in [9.17, 15) is 0 Å². The van der Waals surface area contributed by atoms with Gasteiger partial charge in [-0.15, -0.1) is 10.2 Å². The zero-order valence-electron chi connectivity index (χ0n) is 12.0. The first-order valence-corrected chi connectivity index (χ1v) is 9.18. The van der Waals surface area contributed by atoms with E-state index in [-0.39, 0.29) is 0 Å². The zero-order chi connectivity index (χ0) is 17.3. The van der Waals surface area contributed by atoms with Crippen molar-refractivity contribution in [3.63, 3.8) is 0 Å².